The standard InChI is InChI=1S/C61H37N3S/c1-3-17-38(18-4-1)60-51-37-49(61-59(48-25-11-16-30-57(48)65-61)58(51)47-24-7-12-26-52(47)62-60)41-33-40(34-43(35-41)64-53-27-13-8-21-44(53)45-22-9-14-28-54(45)64)39-31-32-56-50(36-39)46-23-10-15-29-55(46)63(56)42-19-5-2-6-20-42/h1-37H. The Bertz CT molecular complexity index is 4180. The summed E-state index contributed by atoms with van der Waals surface area (Å²) in [5.41, 5.74) is 14.8. The van der Waals surface area contributed by atoms with Crippen LogP contribution in [0.15, 0.2) is 224 Å². The number of para-hydroxylation sites is 5. The molecule has 0 fully saturated rings. The number of nitrogens with zero attached hydrogens (tertiary/aromatic N) is 3. The van der Waals surface area contributed by atoms with E-state index in [0.717, 1.165) is 44.7 Å². The lowest BCUT2D eigenvalue weighted by atomic mass is 9.91. The molecule has 0 aliphatic heterocycles. The van der Waals surface area contributed by atoms with Crippen molar-refractivity contribution in [2.45, 2.75) is 0 Å². The molecule has 0 saturated heterocycles. The summed E-state index contributed by atoms with van der Waals surface area (Å²) in [5.74, 6) is 0. The second-order valence-corrected chi connectivity index (χ2v) is 18.1. The van der Waals surface area contributed by atoms with E-state index in [9.17, 15) is 0 Å². The molecule has 0 aliphatic carbocycles. The molecule has 0 saturated carbocycles. The van der Waals surface area contributed by atoms with E-state index in [0.29, 0.717) is 0 Å². The Morgan fingerprint density at radius 2 is 0.877 bits per heavy atom. The molecule has 0 unspecified atom stereocenters. The van der Waals surface area contributed by atoms with Crippen molar-refractivity contribution in [1.29, 1.82) is 0 Å². The maximum atomic E-state index is 5.45. The number of hydrogen-bond acceptors (Lipinski definition) is 2. The Balaban J connectivity index is 1.12. The summed E-state index contributed by atoms with van der Waals surface area (Å²) in [6.07, 6.45) is 0. The molecule has 4 heteroatoms. The van der Waals surface area contributed by atoms with Crippen molar-refractivity contribution >= 4 is 96.8 Å². The molecule has 0 amide bonds. The van der Waals surface area contributed by atoms with Crippen LogP contribution in [0.1, 0.15) is 0 Å². The van der Waals surface area contributed by atoms with Gasteiger partial charge in [0.25, 0.3) is 0 Å². The predicted octanol–water partition coefficient (Wildman–Crippen LogP) is 17.0. The minimum Gasteiger partial charge on any atom is -0.309 e. The van der Waals surface area contributed by atoms with Gasteiger partial charge < -0.3 is 9.13 Å². The van der Waals surface area contributed by atoms with Crippen LogP contribution in [0.3, 0.4) is 0 Å². The lowest BCUT2D eigenvalue weighted by Crippen LogP contribution is -1.97. The SMILES string of the molecule is c1ccc(-c2nc3ccccc3c3c2cc(-c2cc(-c4ccc5c(c4)c4ccccc4n5-c4ccccc4)cc(-n4c5ccccc5c5ccccc54)c2)c2sc4ccccc4c23)cc1. The van der Waals surface area contributed by atoms with Gasteiger partial charge in [0.15, 0.2) is 0 Å². The first-order valence-electron chi connectivity index (χ1n) is 22.2. The summed E-state index contributed by atoms with van der Waals surface area (Å²) in [6, 6.07) is 82.2. The van der Waals surface area contributed by atoms with Crippen LogP contribution in [0.5, 0.6) is 0 Å². The van der Waals surface area contributed by atoms with Gasteiger partial charge in [-0.15, -0.1) is 11.3 Å². The van der Waals surface area contributed by atoms with E-state index in [1.54, 1.807) is 0 Å². The molecule has 14 aromatic rings. The summed E-state index contributed by atoms with van der Waals surface area (Å²) >= 11 is 1.89. The fraction of sp³-hybridized carbons (Fsp3) is 0. The zero-order valence-electron chi connectivity index (χ0n) is 35.1. The predicted molar refractivity (Wildman–Crippen MR) is 277 cm³/mol. The van der Waals surface area contributed by atoms with Gasteiger partial charge >= 0.3 is 0 Å². The van der Waals surface area contributed by atoms with Crippen LogP contribution in [-0.4, -0.2) is 14.1 Å². The maximum Gasteiger partial charge on any atom is 0.0788 e. The molecular weight excluding hydrogens is 807 g/mol. The molecule has 10 aromatic carbocycles. The van der Waals surface area contributed by atoms with Crippen molar-refractivity contribution in [3.63, 3.8) is 0 Å². The highest BCUT2D eigenvalue weighted by molar-refractivity contribution is 7.26. The van der Waals surface area contributed by atoms with E-state index in [1.807, 2.05) is 11.3 Å². The van der Waals surface area contributed by atoms with Crippen LogP contribution in [-0.2, 0) is 0 Å². The van der Waals surface area contributed by atoms with Crippen LogP contribution < -0.4 is 0 Å². The third-order valence-electron chi connectivity index (χ3n) is 13.4. The topological polar surface area (TPSA) is 22.8 Å². The second kappa shape index (κ2) is 14.1. The van der Waals surface area contributed by atoms with Crippen molar-refractivity contribution in [3.05, 3.63) is 224 Å². The largest absolute Gasteiger partial charge is 0.309 e. The van der Waals surface area contributed by atoms with Crippen molar-refractivity contribution in [3.8, 4) is 44.9 Å². The van der Waals surface area contributed by atoms with Gasteiger partial charge in [-0.3, -0.25) is 0 Å². The maximum absolute atomic E-state index is 5.45. The van der Waals surface area contributed by atoms with Crippen molar-refractivity contribution in [2.75, 3.05) is 0 Å². The first-order chi connectivity index (χ1) is 32.2. The van der Waals surface area contributed by atoms with Crippen LogP contribution in [0.4, 0.5) is 0 Å². The van der Waals surface area contributed by atoms with Crippen LogP contribution in [0.2, 0.25) is 0 Å². The van der Waals surface area contributed by atoms with Gasteiger partial charge in [-0.1, -0.05) is 146 Å². The lowest BCUT2D eigenvalue weighted by Gasteiger charge is -2.17. The van der Waals surface area contributed by atoms with Gasteiger partial charge in [0, 0.05) is 80.4 Å². The van der Waals surface area contributed by atoms with Crippen LogP contribution in [0.25, 0.3) is 130 Å². The number of benzene rings is 10. The molecule has 0 aliphatic rings. The Morgan fingerprint density at radius 1 is 0.323 bits per heavy atom. The summed E-state index contributed by atoms with van der Waals surface area (Å²) < 4.78 is 7.41. The normalized spacial score (nSPS) is 12.0. The Morgan fingerprint density at radius 3 is 1.60 bits per heavy atom. The average molecular weight is 844 g/mol. The second-order valence-electron chi connectivity index (χ2n) is 17.1. The van der Waals surface area contributed by atoms with Gasteiger partial charge in [-0.25, -0.2) is 4.98 Å². The fourth-order valence-electron chi connectivity index (χ4n) is 10.6. The zero-order chi connectivity index (χ0) is 42.6. The zero-order valence-corrected chi connectivity index (χ0v) is 35.9. The molecule has 302 valence electrons. The van der Waals surface area contributed by atoms with Gasteiger partial charge in [0.1, 0.15) is 0 Å². The minimum atomic E-state index is 0.997. The average Bonchev–Trinajstić information content (AvgIpc) is 4.04. The van der Waals surface area contributed by atoms with E-state index < -0.39 is 0 Å². The van der Waals surface area contributed by atoms with Crippen LogP contribution in [0, 0.1) is 0 Å². The van der Waals surface area contributed by atoms with E-state index in [1.165, 1.54) is 85.7 Å². The van der Waals surface area contributed by atoms with Crippen molar-refractivity contribution < 1.29 is 0 Å². The molecule has 0 N–H and O–H groups in total. The number of hydrogen-bond donors (Lipinski definition) is 0. The Hall–Kier alpha value is -8.31. The van der Waals surface area contributed by atoms with Gasteiger partial charge in [0.05, 0.1) is 33.3 Å². The molecule has 3 nitrogen and oxygen atoms in total. The van der Waals surface area contributed by atoms with Crippen LogP contribution >= 0.6 is 11.3 Å². The van der Waals surface area contributed by atoms with E-state index in [-0.39, 0.29) is 0 Å². The molecule has 4 aromatic heterocycles. The molecule has 0 bridgehead atoms. The molecule has 65 heavy (non-hydrogen) atoms. The molecular formula is C61H37N3S. The van der Waals surface area contributed by atoms with E-state index >= 15 is 0 Å². The third-order valence-corrected chi connectivity index (χ3v) is 14.6. The first-order valence-corrected chi connectivity index (χ1v) is 23.0. The highest BCUT2D eigenvalue weighted by Gasteiger charge is 2.22. The van der Waals surface area contributed by atoms with Crippen molar-refractivity contribution in [2.24, 2.45) is 0 Å². The summed E-state index contributed by atoms with van der Waals surface area (Å²) in [4.78, 5) is 5.45. The van der Waals surface area contributed by atoms with Gasteiger partial charge in [-0.05, 0) is 95.6 Å². The Kier molecular flexibility index (Phi) is 7.85. The molecule has 0 spiro atoms. The first kappa shape index (κ1) is 36.2. The van der Waals surface area contributed by atoms with Crippen molar-refractivity contribution in [1.82, 2.24) is 14.1 Å². The minimum absolute atomic E-state index is 0.997. The fourth-order valence-corrected chi connectivity index (χ4v) is 11.9. The number of fused-ring (bicyclic) bond motifs is 13. The monoisotopic (exact) mass is 843 g/mol. The Labute approximate surface area is 378 Å². The van der Waals surface area contributed by atoms with E-state index in [2.05, 4.69) is 234 Å². The molecule has 14 rings (SSSR count). The van der Waals surface area contributed by atoms with Gasteiger partial charge in [0.2, 0.25) is 0 Å². The third kappa shape index (κ3) is 5.45. The summed E-state index contributed by atoms with van der Waals surface area (Å²) in [7, 11) is 0. The molecule has 4 heterocycles. The summed E-state index contributed by atoms with van der Waals surface area (Å²) in [5, 5.41) is 11.1. The summed E-state index contributed by atoms with van der Waals surface area (Å²) in [6.45, 7) is 0. The van der Waals surface area contributed by atoms with E-state index in [4.69, 9.17) is 4.98 Å². The number of rotatable bonds is 5. The number of thiophene rings is 1. The lowest BCUT2D eigenvalue weighted by molar-refractivity contribution is 1.18. The number of pyridine rings is 1. The number of aromatic nitrogens is 3. The highest BCUT2D eigenvalue weighted by Crippen LogP contribution is 2.49. The molecule has 0 atom stereocenters. The quantitative estimate of drug-likeness (QED) is 0.158. The highest BCUT2D eigenvalue weighted by atomic mass is 32.1. The smallest absolute Gasteiger partial charge is 0.0788 e. The molecule has 0 radical (unpaired) electrons. The van der Waals surface area contributed by atoms with Gasteiger partial charge in [-0.2, -0.15) is 0 Å².